The Morgan fingerprint density at radius 1 is 0.364 bits per heavy atom. The van der Waals surface area contributed by atoms with Gasteiger partial charge in [0.15, 0.2) is 25.2 Å². The molecule has 8 bridgehead atoms. The lowest BCUT2D eigenvalue weighted by molar-refractivity contribution is -0.383. The molecule has 5 aliphatic heterocycles. The van der Waals surface area contributed by atoms with E-state index in [0.717, 1.165) is 0 Å². The Morgan fingerprint density at radius 2 is 0.727 bits per heavy atom. The van der Waals surface area contributed by atoms with Gasteiger partial charge in [-0.25, -0.2) is 0 Å². The molecule has 0 saturated carbocycles. The van der Waals surface area contributed by atoms with Crippen molar-refractivity contribution in [2.24, 2.45) is 0 Å². The highest BCUT2D eigenvalue weighted by molar-refractivity contribution is 4.97. The third-order valence-corrected chi connectivity index (χ3v) is 8.41. The van der Waals surface area contributed by atoms with Crippen LogP contribution in [0.25, 0.3) is 0 Å². The number of aliphatic hydroxyl groups is 12. The van der Waals surface area contributed by atoms with Crippen molar-refractivity contribution in [3.63, 3.8) is 0 Å². The van der Waals surface area contributed by atoms with E-state index in [1.165, 1.54) is 0 Å². The van der Waals surface area contributed by atoms with Crippen molar-refractivity contribution < 1.29 is 99.2 Å². The summed E-state index contributed by atoms with van der Waals surface area (Å²) in [5.74, 6) is 0. The van der Waals surface area contributed by atoms with Crippen LogP contribution in [-0.4, -0.2) is 211 Å². The van der Waals surface area contributed by atoms with Gasteiger partial charge in [-0.3, -0.25) is 0 Å². The number of ether oxygens (including phenoxy) is 8. The van der Waals surface area contributed by atoms with E-state index in [0.29, 0.717) is 0 Å². The molecule has 5 saturated heterocycles. The van der Waals surface area contributed by atoms with E-state index in [1.807, 2.05) is 0 Å². The summed E-state index contributed by atoms with van der Waals surface area (Å²) >= 11 is 0. The van der Waals surface area contributed by atoms with Crippen LogP contribution in [0.2, 0.25) is 0 Å². The normalized spacial score (nSPS) is 55.9. The molecule has 0 aliphatic carbocycles. The molecule has 5 fully saturated rings. The Balaban J connectivity index is 1.47. The van der Waals surface area contributed by atoms with Crippen LogP contribution in [0.1, 0.15) is 0 Å². The van der Waals surface area contributed by atoms with Gasteiger partial charge in [0.25, 0.3) is 0 Å². The Hall–Kier alpha value is -0.800. The molecule has 20 nitrogen and oxygen atoms in total. The maximum Gasteiger partial charge on any atom is 0.187 e. The summed E-state index contributed by atoms with van der Waals surface area (Å²) in [5, 5.41) is 126. The lowest BCUT2D eigenvalue weighted by Gasteiger charge is -2.48. The minimum absolute atomic E-state index is 0.674. The first-order valence-electron chi connectivity index (χ1n) is 14.1. The lowest BCUT2D eigenvalue weighted by Crippen LogP contribution is -2.67. The van der Waals surface area contributed by atoms with Gasteiger partial charge in [0.2, 0.25) is 0 Å². The molecule has 0 aromatic carbocycles. The van der Waals surface area contributed by atoms with Gasteiger partial charge in [-0.1, -0.05) is 0 Å². The average Bonchev–Trinajstić information content (AvgIpc) is 3.01. The van der Waals surface area contributed by atoms with E-state index in [1.54, 1.807) is 0 Å². The number of aliphatic hydroxyl groups excluding tert-OH is 12. The van der Waals surface area contributed by atoms with E-state index >= 15 is 0 Å². The Bertz CT molecular complexity index is 860. The fourth-order valence-electron chi connectivity index (χ4n) is 5.73. The highest BCUT2D eigenvalue weighted by Crippen LogP contribution is 2.33. The van der Waals surface area contributed by atoms with E-state index in [4.69, 9.17) is 37.9 Å². The molecule has 5 heterocycles. The van der Waals surface area contributed by atoms with Crippen LogP contribution in [0, 0.1) is 0 Å². The first-order valence-corrected chi connectivity index (χ1v) is 14.1. The van der Waals surface area contributed by atoms with Crippen LogP contribution < -0.4 is 0 Å². The van der Waals surface area contributed by atoms with Crippen LogP contribution in [-0.2, 0) is 37.9 Å². The molecule has 20 atom stereocenters. The van der Waals surface area contributed by atoms with Gasteiger partial charge < -0.3 is 99.2 Å². The Labute approximate surface area is 249 Å². The van der Waals surface area contributed by atoms with Crippen molar-refractivity contribution in [3.8, 4) is 0 Å². The van der Waals surface area contributed by atoms with Crippen LogP contribution >= 0.6 is 0 Å². The highest BCUT2D eigenvalue weighted by atomic mass is 16.8. The van der Waals surface area contributed by atoms with E-state index in [2.05, 4.69) is 0 Å². The molecule has 5 rings (SSSR count). The fraction of sp³-hybridized carbons (Fsp3) is 1.00. The molecular formula is C24H40O20. The standard InChI is InChI=1S/C24H40O20/c25-1-5-11(29)19-17(35)21(39-5)37-3-7-9(27)14(32)16(34)24(42-7)44-20-12(30)6(2-26)40-22(18(20)36)38-4-8-10(28)13(31)15(33)23(41-8)43-19/h5-36H,1-4H2/t5?,6?,7?,8?,9-,10-,11?,12?,13?,14?,15?,16?,17?,18?,19+,20+,21?,22?,23-,24-/m1/s1. The number of hydrogen-bond donors (Lipinski definition) is 12. The Kier molecular flexibility index (Phi) is 11.1. The van der Waals surface area contributed by atoms with Crippen LogP contribution in [0.5, 0.6) is 0 Å². The topological polar surface area (TPSA) is 317 Å². The van der Waals surface area contributed by atoms with Gasteiger partial charge in [0, 0.05) is 0 Å². The van der Waals surface area contributed by atoms with Gasteiger partial charge in [-0.05, 0) is 0 Å². The van der Waals surface area contributed by atoms with E-state index < -0.39 is 149 Å². The third-order valence-electron chi connectivity index (χ3n) is 8.41. The summed E-state index contributed by atoms with van der Waals surface area (Å²) in [4.78, 5) is 0. The van der Waals surface area contributed by atoms with Crippen LogP contribution in [0.15, 0.2) is 0 Å². The zero-order valence-electron chi connectivity index (χ0n) is 23.0. The van der Waals surface area contributed by atoms with E-state index in [9.17, 15) is 61.3 Å². The average molecular weight is 649 g/mol. The first-order chi connectivity index (χ1) is 20.9. The molecule has 256 valence electrons. The molecule has 20 heteroatoms. The molecule has 12 N–H and O–H groups in total. The lowest BCUT2D eigenvalue weighted by atomic mass is 9.96. The van der Waals surface area contributed by atoms with Gasteiger partial charge in [0.05, 0.1) is 26.4 Å². The molecule has 5 aliphatic rings. The minimum atomic E-state index is -1.93. The van der Waals surface area contributed by atoms with Crippen molar-refractivity contribution >= 4 is 0 Å². The fourth-order valence-corrected chi connectivity index (χ4v) is 5.73. The highest BCUT2D eigenvalue weighted by Gasteiger charge is 2.54. The van der Waals surface area contributed by atoms with Crippen molar-refractivity contribution in [2.45, 2.75) is 123 Å². The first kappa shape index (κ1) is 34.5. The second kappa shape index (κ2) is 14.1. The minimum Gasteiger partial charge on any atom is -0.394 e. The van der Waals surface area contributed by atoms with Crippen molar-refractivity contribution in [1.29, 1.82) is 0 Å². The molecule has 0 aromatic heterocycles. The molecule has 0 amide bonds. The molecule has 44 heavy (non-hydrogen) atoms. The maximum atomic E-state index is 11.0. The van der Waals surface area contributed by atoms with Gasteiger partial charge in [-0.15, -0.1) is 0 Å². The zero-order valence-corrected chi connectivity index (χ0v) is 23.0. The summed E-state index contributed by atoms with van der Waals surface area (Å²) in [5.41, 5.74) is 0. The smallest absolute Gasteiger partial charge is 0.187 e. The van der Waals surface area contributed by atoms with Crippen LogP contribution in [0.4, 0.5) is 0 Å². The summed E-state index contributed by atoms with van der Waals surface area (Å²) in [6.07, 6.45) is -34.8. The van der Waals surface area contributed by atoms with Crippen molar-refractivity contribution in [2.75, 3.05) is 26.4 Å². The van der Waals surface area contributed by atoms with Crippen molar-refractivity contribution in [3.05, 3.63) is 0 Å². The molecular weight excluding hydrogens is 608 g/mol. The van der Waals surface area contributed by atoms with Gasteiger partial charge in [-0.2, -0.15) is 0 Å². The summed E-state index contributed by atoms with van der Waals surface area (Å²) < 4.78 is 44.3. The maximum absolute atomic E-state index is 11.0. The number of fused-ring (bicyclic) bond motifs is 8. The van der Waals surface area contributed by atoms with Gasteiger partial charge in [0.1, 0.15) is 97.7 Å². The summed E-state index contributed by atoms with van der Waals surface area (Å²) in [7, 11) is 0. The quantitative estimate of drug-likeness (QED) is 0.132. The summed E-state index contributed by atoms with van der Waals surface area (Å²) in [6.45, 7) is -2.95. The molecule has 14 unspecified atom stereocenters. The predicted molar refractivity (Wildman–Crippen MR) is 131 cm³/mol. The second-order valence-corrected chi connectivity index (χ2v) is 11.3. The van der Waals surface area contributed by atoms with Crippen LogP contribution in [0.3, 0.4) is 0 Å². The Morgan fingerprint density at radius 3 is 1.07 bits per heavy atom. The second-order valence-electron chi connectivity index (χ2n) is 11.3. The van der Waals surface area contributed by atoms with Gasteiger partial charge >= 0.3 is 0 Å². The van der Waals surface area contributed by atoms with Crippen molar-refractivity contribution in [1.82, 2.24) is 0 Å². The monoisotopic (exact) mass is 648 g/mol. The zero-order chi connectivity index (χ0) is 32.0. The number of rotatable bonds is 2. The van der Waals surface area contributed by atoms with E-state index in [-0.39, 0.29) is 0 Å². The molecule has 0 aromatic rings. The predicted octanol–water partition coefficient (Wildman–Crippen LogP) is -8.70. The summed E-state index contributed by atoms with van der Waals surface area (Å²) in [6, 6.07) is 0. The SMILES string of the molecule is OCC1OC2OCC3O[C@H](O[C@H]4C(O)C(CO)OC(OCC5O[C@H](O[C@@H](C1O)C2O)C(O)C(O)[C@@H]5O)C4O)C(O)C(O)[C@@H]3O. The molecule has 0 radical (unpaired) electrons. The third kappa shape index (κ3) is 6.50. The number of hydrogen-bond acceptors (Lipinski definition) is 20. The largest absolute Gasteiger partial charge is 0.394 e. The molecule has 0 spiro atoms.